The zero-order chi connectivity index (χ0) is 10.8. The van der Waals surface area contributed by atoms with Crippen LogP contribution in [0.2, 0.25) is 0 Å². The van der Waals surface area contributed by atoms with E-state index in [1.54, 1.807) is 0 Å². The van der Waals surface area contributed by atoms with Crippen molar-refractivity contribution in [2.45, 2.75) is 43.5 Å². The molecule has 0 N–H and O–H groups in total. The van der Waals surface area contributed by atoms with Gasteiger partial charge in [0.05, 0.1) is 5.25 Å². The Morgan fingerprint density at radius 2 is 2.00 bits per heavy atom. The maximum absolute atomic E-state index is 11.5. The van der Waals surface area contributed by atoms with E-state index in [9.17, 15) is 4.79 Å². The van der Waals surface area contributed by atoms with Crippen molar-refractivity contribution in [3.63, 3.8) is 0 Å². The van der Waals surface area contributed by atoms with Crippen molar-refractivity contribution < 1.29 is 4.79 Å². The Bertz CT molecular complexity index is 372. The molecule has 1 aromatic heterocycles. The molecule has 80 valence electrons. The first-order valence-electron chi connectivity index (χ1n) is 5.17. The summed E-state index contributed by atoms with van der Waals surface area (Å²) in [6.45, 7) is 3.91. The van der Waals surface area contributed by atoms with Gasteiger partial charge in [-0.1, -0.05) is 11.8 Å². The fourth-order valence-corrected chi connectivity index (χ4v) is 2.96. The SMILES string of the molecule is Cc1cc(C)nc(SC2CCCC2=O)n1. The molecule has 15 heavy (non-hydrogen) atoms. The molecule has 2 rings (SSSR count). The molecule has 1 aliphatic carbocycles. The van der Waals surface area contributed by atoms with Crippen molar-refractivity contribution in [2.75, 3.05) is 0 Å². The van der Waals surface area contributed by atoms with Crippen molar-refractivity contribution in [1.29, 1.82) is 0 Å². The molecule has 0 bridgehead atoms. The average Bonchev–Trinajstić information content (AvgIpc) is 2.50. The van der Waals surface area contributed by atoms with Crippen LogP contribution in [-0.2, 0) is 4.79 Å². The number of hydrogen-bond acceptors (Lipinski definition) is 4. The van der Waals surface area contributed by atoms with E-state index in [1.165, 1.54) is 11.8 Å². The molecule has 0 radical (unpaired) electrons. The molecule has 3 nitrogen and oxygen atoms in total. The van der Waals surface area contributed by atoms with E-state index in [-0.39, 0.29) is 5.25 Å². The van der Waals surface area contributed by atoms with E-state index >= 15 is 0 Å². The van der Waals surface area contributed by atoms with Crippen LogP contribution in [0.1, 0.15) is 30.7 Å². The third kappa shape index (κ3) is 2.56. The predicted molar refractivity (Wildman–Crippen MR) is 60.0 cm³/mol. The zero-order valence-electron chi connectivity index (χ0n) is 8.99. The molecule has 1 aliphatic rings. The lowest BCUT2D eigenvalue weighted by molar-refractivity contribution is -0.116. The molecule has 1 atom stereocenters. The van der Waals surface area contributed by atoms with Gasteiger partial charge in [0, 0.05) is 17.8 Å². The van der Waals surface area contributed by atoms with Gasteiger partial charge in [-0.15, -0.1) is 0 Å². The minimum Gasteiger partial charge on any atom is -0.298 e. The van der Waals surface area contributed by atoms with Gasteiger partial charge in [-0.3, -0.25) is 4.79 Å². The topological polar surface area (TPSA) is 42.9 Å². The van der Waals surface area contributed by atoms with Crippen molar-refractivity contribution in [2.24, 2.45) is 0 Å². The molecule has 1 saturated carbocycles. The minimum absolute atomic E-state index is 0.0891. The number of aryl methyl sites for hydroxylation is 2. The van der Waals surface area contributed by atoms with Crippen LogP contribution in [0.5, 0.6) is 0 Å². The highest BCUT2D eigenvalue weighted by atomic mass is 32.2. The Labute approximate surface area is 93.7 Å². The van der Waals surface area contributed by atoms with Gasteiger partial charge in [-0.2, -0.15) is 0 Å². The number of rotatable bonds is 2. The molecule has 0 aliphatic heterocycles. The van der Waals surface area contributed by atoms with E-state index in [0.29, 0.717) is 5.78 Å². The van der Waals surface area contributed by atoms with Gasteiger partial charge < -0.3 is 0 Å². The fraction of sp³-hybridized carbons (Fsp3) is 0.545. The van der Waals surface area contributed by atoms with E-state index in [1.807, 2.05) is 19.9 Å². The van der Waals surface area contributed by atoms with Gasteiger partial charge in [0.25, 0.3) is 0 Å². The first kappa shape index (κ1) is 10.6. The monoisotopic (exact) mass is 222 g/mol. The highest BCUT2D eigenvalue weighted by molar-refractivity contribution is 8.00. The van der Waals surface area contributed by atoms with Crippen LogP contribution in [0, 0.1) is 13.8 Å². The number of carbonyl (C=O) groups is 1. The molecular weight excluding hydrogens is 208 g/mol. The summed E-state index contributed by atoms with van der Waals surface area (Å²) in [6.07, 6.45) is 2.71. The van der Waals surface area contributed by atoms with Crippen LogP contribution in [0.15, 0.2) is 11.2 Å². The third-order valence-corrected chi connectivity index (χ3v) is 3.63. The molecule has 1 aromatic rings. The van der Waals surface area contributed by atoms with Crippen LogP contribution in [0.3, 0.4) is 0 Å². The Hall–Kier alpha value is -0.900. The number of thioether (sulfide) groups is 1. The van der Waals surface area contributed by atoms with Crippen LogP contribution in [-0.4, -0.2) is 21.0 Å². The van der Waals surface area contributed by atoms with Gasteiger partial charge in [0.15, 0.2) is 5.16 Å². The quantitative estimate of drug-likeness (QED) is 0.720. The average molecular weight is 222 g/mol. The van der Waals surface area contributed by atoms with E-state index in [2.05, 4.69) is 9.97 Å². The van der Waals surface area contributed by atoms with Crippen molar-refractivity contribution in [1.82, 2.24) is 9.97 Å². The minimum atomic E-state index is 0.0891. The molecule has 1 fully saturated rings. The number of ketones is 1. The summed E-state index contributed by atoms with van der Waals surface area (Å²) in [5.41, 5.74) is 1.94. The summed E-state index contributed by atoms with van der Waals surface area (Å²) in [6, 6.07) is 1.94. The first-order chi connectivity index (χ1) is 7.15. The predicted octanol–water partition coefficient (Wildman–Crippen LogP) is 2.31. The molecular formula is C11H14N2OS. The van der Waals surface area contributed by atoms with Gasteiger partial charge in [0.1, 0.15) is 5.78 Å². The second kappa shape index (κ2) is 4.31. The molecule has 0 amide bonds. The molecule has 1 heterocycles. The van der Waals surface area contributed by atoms with Crippen molar-refractivity contribution >= 4 is 17.5 Å². The summed E-state index contributed by atoms with van der Waals surface area (Å²) in [5, 5.41) is 0.832. The van der Waals surface area contributed by atoms with Gasteiger partial charge in [-0.05, 0) is 32.8 Å². The Kier molecular flexibility index (Phi) is 3.05. The second-order valence-corrected chi connectivity index (χ2v) is 5.07. The molecule has 4 heteroatoms. The van der Waals surface area contributed by atoms with Crippen LogP contribution in [0.4, 0.5) is 0 Å². The van der Waals surface area contributed by atoms with E-state index < -0.39 is 0 Å². The second-order valence-electron chi connectivity index (χ2n) is 3.90. The lowest BCUT2D eigenvalue weighted by Gasteiger charge is -2.07. The number of Topliss-reactive ketones (excluding diaryl/α,β-unsaturated/α-hetero) is 1. The van der Waals surface area contributed by atoms with E-state index in [4.69, 9.17) is 0 Å². The lowest BCUT2D eigenvalue weighted by Crippen LogP contribution is -2.09. The first-order valence-corrected chi connectivity index (χ1v) is 6.05. The highest BCUT2D eigenvalue weighted by Crippen LogP contribution is 2.30. The summed E-state index contributed by atoms with van der Waals surface area (Å²) in [5.74, 6) is 0.350. The maximum Gasteiger partial charge on any atom is 0.188 e. The lowest BCUT2D eigenvalue weighted by atomic mass is 10.3. The van der Waals surface area contributed by atoms with Crippen LogP contribution in [0.25, 0.3) is 0 Å². The normalized spacial score (nSPS) is 20.9. The number of aromatic nitrogens is 2. The molecule has 1 unspecified atom stereocenters. The zero-order valence-corrected chi connectivity index (χ0v) is 9.80. The Morgan fingerprint density at radius 1 is 1.33 bits per heavy atom. The Balaban J connectivity index is 2.13. The molecule has 0 aromatic carbocycles. The number of hydrogen-bond donors (Lipinski definition) is 0. The fourth-order valence-electron chi connectivity index (χ4n) is 1.78. The number of nitrogens with zero attached hydrogens (tertiary/aromatic N) is 2. The summed E-state index contributed by atoms with van der Waals surface area (Å²) >= 11 is 1.52. The summed E-state index contributed by atoms with van der Waals surface area (Å²) in [7, 11) is 0. The molecule has 0 spiro atoms. The van der Waals surface area contributed by atoms with Gasteiger partial charge in [-0.25, -0.2) is 9.97 Å². The standard InChI is InChI=1S/C11H14N2OS/c1-7-6-8(2)13-11(12-7)15-10-5-3-4-9(10)14/h6,10H,3-5H2,1-2H3. The Morgan fingerprint density at radius 3 is 2.53 bits per heavy atom. The van der Waals surface area contributed by atoms with Gasteiger partial charge in [0.2, 0.25) is 0 Å². The van der Waals surface area contributed by atoms with Crippen molar-refractivity contribution in [3.05, 3.63) is 17.5 Å². The van der Waals surface area contributed by atoms with Crippen LogP contribution < -0.4 is 0 Å². The maximum atomic E-state index is 11.5. The van der Waals surface area contributed by atoms with Crippen LogP contribution >= 0.6 is 11.8 Å². The van der Waals surface area contributed by atoms with Gasteiger partial charge >= 0.3 is 0 Å². The highest BCUT2D eigenvalue weighted by Gasteiger charge is 2.26. The summed E-state index contributed by atoms with van der Waals surface area (Å²) in [4.78, 5) is 20.1. The van der Waals surface area contributed by atoms with E-state index in [0.717, 1.165) is 35.8 Å². The number of carbonyl (C=O) groups excluding carboxylic acids is 1. The largest absolute Gasteiger partial charge is 0.298 e. The van der Waals surface area contributed by atoms with Crippen molar-refractivity contribution in [3.8, 4) is 0 Å². The summed E-state index contributed by atoms with van der Waals surface area (Å²) < 4.78 is 0. The molecule has 0 saturated heterocycles. The smallest absolute Gasteiger partial charge is 0.188 e. The third-order valence-electron chi connectivity index (χ3n) is 2.46.